The summed E-state index contributed by atoms with van der Waals surface area (Å²) in [7, 11) is 1.61. The molecule has 1 aliphatic heterocycles. The van der Waals surface area contributed by atoms with E-state index < -0.39 is 0 Å². The molecule has 7 heteroatoms. The van der Waals surface area contributed by atoms with E-state index in [4.69, 9.17) is 0 Å². The lowest BCUT2D eigenvalue weighted by Gasteiger charge is -2.45. The smallest absolute Gasteiger partial charge is 0.256 e. The van der Waals surface area contributed by atoms with Gasteiger partial charge in [-0.15, -0.1) is 0 Å². The number of halogens is 1. The minimum Gasteiger partial charge on any atom is -0.359 e. The molecule has 1 aliphatic rings. The number of fused-ring (bicyclic) bond motifs is 1. The summed E-state index contributed by atoms with van der Waals surface area (Å²) in [5.41, 5.74) is 2.37. The minimum absolute atomic E-state index is 0.104. The molecule has 1 N–H and O–H groups in total. The molecule has 188 valence electrons. The molecule has 0 spiro atoms. The number of aromatic nitrogens is 1. The fraction of sp³-hybridized carbons (Fsp3) is 0.233. The molecule has 37 heavy (non-hydrogen) atoms. The normalized spacial score (nSPS) is 16.9. The highest BCUT2D eigenvalue weighted by Crippen LogP contribution is 2.34. The lowest BCUT2D eigenvalue weighted by Crippen LogP contribution is -2.56. The van der Waals surface area contributed by atoms with E-state index >= 15 is 0 Å². The molecule has 4 aromatic rings. The summed E-state index contributed by atoms with van der Waals surface area (Å²) in [5, 5.41) is 4.48. The first-order chi connectivity index (χ1) is 18.0. The molecule has 3 aromatic carbocycles. The second-order valence-corrected chi connectivity index (χ2v) is 9.30. The number of hydrogen-bond donors (Lipinski definition) is 1. The summed E-state index contributed by atoms with van der Waals surface area (Å²) in [6, 6.07) is 23.7. The molecule has 0 radical (unpaired) electrons. The predicted octanol–water partition coefficient (Wildman–Crippen LogP) is 4.43. The Morgan fingerprint density at radius 2 is 1.73 bits per heavy atom. The third kappa shape index (κ3) is 5.22. The molecule has 2 heterocycles. The summed E-state index contributed by atoms with van der Waals surface area (Å²) in [6.07, 6.45) is 3.58. The van der Waals surface area contributed by atoms with Crippen LogP contribution in [0.4, 0.5) is 4.39 Å². The number of hydrogen-bond acceptors (Lipinski definition) is 4. The first-order valence-electron chi connectivity index (χ1n) is 12.4. The van der Waals surface area contributed by atoms with Gasteiger partial charge < -0.3 is 10.2 Å². The topological polar surface area (TPSA) is 65.5 Å². The van der Waals surface area contributed by atoms with Crippen LogP contribution in [-0.4, -0.2) is 59.3 Å². The summed E-state index contributed by atoms with van der Waals surface area (Å²) in [4.78, 5) is 34.6. The molecule has 1 aromatic heterocycles. The zero-order valence-corrected chi connectivity index (χ0v) is 20.7. The fourth-order valence-corrected chi connectivity index (χ4v) is 5.24. The molecule has 5 rings (SSSR count). The Labute approximate surface area is 215 Å². The first-order valence-corrected chi connectivity index (χ1v) is 12.4. The van der Waals surface area contributed by atoms with Gasteiger partial charge in [-0.3, -0.25) is 19.5 Å². The van der Waals surface area contributed by atoms with Crippen molar-refractivity contribution in [3.63, 3.8) is 0 Å². The Morgan fingerprint density at radius 3 is 2.51 bits per heavy atom. The van der Waals surface area contributed by atoms with Crippen LogP contribution in [-0.2, 0) is 4.79 Å². The monoisotopic (exact) mass is 496 g/mol. The number of carbonyl (C=O) groups excluding carboxylic acids is 2. The molecular weight excluding hydrogens is 467 g/mol. The Bertz CT molecular complexity index is 1410. The number of piperazine rings is 1. The fourth-order valence-electron chi connectivity index (χ4n) is 5.24. The third-order valence-corrected chi connectivity index (χ3v) is 7.03. The molecule has 1 fully saturated rings. The zero-order chi connectivity index (χ0) is 25.8. The quantitative estimate of drug-likeness (QED) is 0.429. The molecular formula is C30H29FN4O2. The van der Waals surface area contributed by atoms with Crippen molar-refractivity contribution in [1.29, 1.82) is 0 Å². The number of benzene rings is 3. The van der Waals surface area contributed by atoms with Gasteiger partial charge in [-0.05, 0) is 28.6 Å². The maximum absolute atomic E-state index is 14.3. The van der Waals surface area contributed by atoms with E-state index in [9.17, 15) is 14.0 Å². The van der Waals surface area contributed by atoms with E-state index in [2.05, 4.69) is 15.2 Å². The van der Waals surface area contributed by atoms with Crippen molar-refractivity contribution < 1.29 is 14.0 Å². The standard InChI is InChI=1S/C30H29FN4O2/c1-32-28(36)17-25-20-34(30(37)27-19-33-18-23-10-5-6-13-26(23)27)14-15-35(25)29(21-8-3-2-4-9-21)22-11-7-12-24(31)16-22/h2-13,16,18-19,25,29H,14-15,17,20H2,1H3,(H,32,36)/t25-,29+/m1/s1. The van der Waals surface area contributed by atoms with E-state index in [1.54, 1.807) is 36.5 Å². The summed E-state index contributed by atoms with van der Waals surface area (Å²) < 4.78 is 14.3. The van der Waals surface area contributed by atoms with Crippen LogP contribution in [0, 0.1) is 5.82 Å². The first kappa shape index (κ1) is 24.6. The third-order valence-electron chi connectivity index (χ3n) is 7.03. The molecule has 0 bridgehead atoms. The van der Waals surface area contributed by atoms with Gasteiger partial charge in [0.05, 0.1) is 11.6 Å². The Morgan fingerprint density at radius 1 is 0.973 bits per heavy atom. The Hall–Kier alpha value is -4.10. The van der Waals surface area contributed by atoms with E-state index in [1.807, 2.05) is 60.7 Å². The Kier molecular flexibility index (Phi) is 7.23. The van der Waals surface area contributed by atoms with E-state index in [0.29, 0.717) is 25.2 Å². The van der Waals surface area contributed by atoms with Gasteiger partial charge in [-0.2, -0.15) is 0 Å². The van der Waals surface area contributed by atoms with Crippen LogP contribution in [0.2, 0.25) is 0 Å². The number of rotatable bonds is 6. The zero-order valence-electron chi connectivity index (χ0n) is 20.7. The van der Waals surface area contributed by atoms with Crippen molar-refractivity contribution in [2.45, 2.75) is 18.5 Å². The second kappa shape index (κ2) is 10.9. The summed E-state index contributed by atoms with van der Waals surface area (Å²) in [5.74, 6) is -0.520. The molecule has 0 saturated carbocycles. The van der Waals surface area contributed by atoms with Gasteiger partial charge in [0, 0.05) is 56.9 Å². The minimum atomic E-state index is -0.307. The highest BCUT2D eigenvalue weighted by Gasteiger charge is 2.36. The number of nitrogens with zero attached hydrogens (tertiary/aromatic N) is 3. The highest BCUT2D eigenvalue weighted by atomic mass is 19.1. The lowest BCUT2D eigenvalue weighted by molar-refractivity contribution is -0.122. The van der Waals surface area contributed by atoms with Crippen molar-refractivity contribution in [3.8, 4) is 0 Å². The van der Waals surface area contributed by atoms with Crippen LogP contribution in [0.5, 0.6) is 0 Å². The number of nitrogens with one attached hydrogen (secondary N) is 1. The number of amides is 2. The van der Waals surface area contributed by atoms with Gasteiger partial charge in [0.15, 0.2) is 0 Å². The average Bonchev–Trinajstić information content (AvgIpc) is 2.94. The van der Waals surface area contributed by atoms with Crippen LogP contribution in [0.1, 0.15) is 33.9 Å². The average molecular weight is 497 g/mol. The van der Waals surface area contributed by atoms with Crippen LogP contribution < -0.4 is 5.32 Å². The molecule has 0 aliphatic carbocycles. The van der Waals surface area contributed by atoms with E-state index in [1.165, 1.54) is 6.07 Å². The predicted molar refractivity (Wildman–Crippen MR) is 142 cm³/mol. The van der Waals surface area contributed by atoms with Crippen LogP contribution >= 0.6 is 0 Å². The van der Waals surface area contributed by atoms with Gasteiger partial charge >= 0.3 is 0 Å². The number of pyridine rings is 1. The van der Waals surface area contributed by atoms with Crippen LogP contribution in [0.3, 0.4) is 0 Å². The Balaban J connectivity index is 1.50. The highest BCUT2D eigenvalue weighted by molar-refractivity contribution is 6.06. The van der Waals surface area contributed by atoms with Crippen LogP contribution in [0.15, 0.2) is 91.3 Å². The van der Waals surface area contributed by atoms with Crippen molar-refractivity contribution in [1.82, 2.24) is 20.1 Å². The molecule has 6 nitrogen and oxygen atoms in total. The second-order valence-electron chi connectivity index (χ2n) is 9.30. The maximum Gasteiger partial charge on any atom is 0.256 e. The van der Waals surface area contributed by atoms with E-state index in [-0.39, 0.29) is 36.1 Å². The molecule has 2 atom stereocenters. The van der Waals surface area contributed by atoms with Gasteiger partial charge in [0.25, 0.3) is 5.91 Å². The van der Waals surface area contributed by atoms with Gasteiger partial charge in [-0.25, -0.2) is 4.39 Å². The van der Waals surface area contributed by atoms with Crippen LogP contribution in [0.25, 0.3) is 10.8 Å². The molecule has 0 unspecified atom stereocenters. The van der Waals surface area contributed by atoms with Gasteiger partial charge in [0.1, 0.15) is 5.82 Å². The van der Waals surface area contributed by atoms with Crippen molar-refractivity contribution in [2.24, 2.45) is 0 Å². The largest absolute Gasteiger partial charge is 0.359 e. The molecule has 1 saturated heterocycles. The van der Waals surface area contributed by atoms with Gasteiger partial charge in [0.2, 0.25) is 5.91 Å². The maximum atomic E-state index is 14.3. The molecule has 2 amide bonds. The number of carbonyl (C=O) groups is 2. The van der Waals surface area contributed by atoms with E-state index in [0.717, 1.165) is 21.9 Å². The SMILES string of the molecule is CNC(=O)C[C@@H]1CN(C(=O)c2cncc3ccccc23)CCN1[C@@H](c1ccccc1)c1cccc(F)c1. The summed E-state index contributed by atoms with van der Waals surface area (Å²) >= 11 is 0. The van der Waals surface area contributed by atoms with Crippen molar-refractivity contribution in [2.75, 3.05) is 26.7 Å². The lowest BCUT2D eigenvalue weighted by atomic mass is 9.93. The van der Waals surface area contributed by atoms with Crippen molar-refractivity contribution in [3.05, 3.63) is 114 Å². The van der Waals surface area contributed by atoms with Gasteiger partial charge in [-0.1, -0.05) is 66.7 Å². The van der Waals surface area contributed by atoms with Crippen molar-refractivity contribution >= 4 is 22.6 Å². The summed E-state index contributed by atoms with van der Waals surface area (Å²) in [6.45, 7) is 1.38.